The largest absolute Gasteiger partial charge is 0.478 e. The molecule has 0 saturated carbocycles. The summed E-state index contributed by atoms with van der Waals surface area (Å²) in [6, 6.07) is 1.36. The second kappa shape index (κ2) is 5.17. The lowest BCUT2D eigenvalue weighted by Crippen LogP contribution is -2.32. The van der Waals surface area contributed by atoms with Crippen LogP contribution in [0.5, 0.6) is 0 Å². The number of carboxylic acids is 1. The molecule has 1 heterocycles. The van der Waals surface area contributed by atoms with Crippen LogP contribution in [-0.2, 0) is 4.79 Å². The van der Waals surface area contributed by atoms with E-state index < -0.39 is 5.97 Å². The topological polar surface area (TPSA) is 91.3 Å². The van der Waals surface area contributed by atoms with Crippen LogP contribution in [0.25, 0.3) is 0 Å². The number of amides is 1. The van der Waals surface area contributed by atoms with Gasteiger partial charge >= 0.3 is 5.97 Å². The first-order chi connectivity index (χ1) is 7.49. The standard InChI is InChI=1S/C9H9N3O3S/c1-5(13)11-9(16)12-7-2-6(8(14)15)3-10-4-7/h2-4H,1H3,(H,14,15)(H2,11,12,13,16). The second-order valence-electron chi connectivity index (χ2n) is 2.90. The summed E-state index contributed by atoms with van der Waals surface area (Å²) in [6.45, 7) is 1.32. The van der Waals surface area contributed by atoms with Crippen LogP contribution >= 0.6 is 12.2 Å². The summed E-state index contributed by atoms with van der Waals surface area (Å²) < 4.78 is 0. The fraction of sp³-hybridized carbons (Fsp3) is 0.111. The monoisotopic (exact) mass is 239 g/mol. The lowest BCUT2D eigenvalue weighted by molar-refractivity contribution is -0.117. The molecule has 84 valence electrons. The molecule has 1 aromatic heterocycles. The van der Waals surface area contributed by atoms with Crippen LogP contribution in [0.2, 0.25) is 0 Å². The van der Waals surface area contributed by atoms with E-state index >= 15 is 0 Å². The van der Waals surface area contributed by atoms with Crippen LogP contribution in [0.1, 0.15) is 17.3 Å². The van der Waals surface area contributed by atoms with Gasteiger partial charge in [-0.3, -0.25) is 9.78 Å². The van der Waals surface area contributed by atoms with E-state index in [1.165, 1.54) is 25.4 Å². The van der Waals surface area contributed by atoms with Gasteiger partial charge in [0.1, 0.15) is 0 Å². The molecule has 0 spiro atoms. The molecule has 0 aliphatic rings. The summed E-state index contributed by atoms with van der Waals surface area (Å²) in [5.74, 6) is -1.39. The highest BCUT2D eigenvalue weighted by atomic mass is 32.1. The Labute approximate surface area is 96.7 Å². The SMILES string of the molecule is CC(=O)NC(=S)Nc1cncc(C(=O)O)c1. The van der Waals surface area contributed by atoms with Gasteiger partial charge in [-0.25, -0.2) is 4.79 Å². The van der Waals surface area contributed by atoms with Gasteiger partial charge in [-0.1, -0.05) is 0 Å². The van der Waals surface area contributed by atoms with Crippen LogP contribution in [0.3, 0.4) is 0 Å². The first-order valence-corrected chi connectivity index (χ1v) is 4.67. The molecule has 6 nitrogen and oxygen atoms in total. The molecule has 0 radical (unpaired) electrons. The van der Waals surface area contributed by atoms with E-state index in [0.717, 1.165) is 0 Å². The number of rotatable bonds is 2. The minimum absolute atomic E-state index is 0.0376. The number of carbonyl (C=O) groups is 2. The van der Waals surface area contributed by atoms with Crippen molar-refractivity contribution in [3.63, 3.8) is 0 Å². The van der Waals surface area contributed by atoms with Crippen molar-refractivity contribution in [1.82, 2.24) is 10.3 Å². The molecule has 0 fully saturated rings. The molecular formula is C9H9N3O3S. The fourth-order valence-electron chi connectivity index (χ4n) is 0.947. The number of pyridine rings is 1. The fourth-order valence-corrected chi connectivity index (χ4v) is 1.21. The Bertz CT molecular complexity index is 447. The van der Waals surface area contributed by atoms with Crippen LogP contribution in [0.15, 0.2) is 18.5 Å². The number of hydrogen-bond donors (Lipinski definition) is 3. The average Bonchev–Trinajstić information content (AvgIpc) is 2.16. The highest BCUT2D eigenvalue weighted by Gasteiger charge is 2.05. The molecule has 0 bridgehead atoms. The zero-order chi connectivity index (χ0) is 12.1. The van der Waals surface area contributed by atoms with E-state index in [9.17, 15) is 9.59 Å². The molecule has 1 aromatic rings. The van der Waals surface area contributed by atoms with Crippen molar-refractivity contribution in [1.29, 1.82) is 0 Å². The molecule has 1 amide bonds. The van der Waals surface area contributed by atoms with Crippen molar-refractivity contribution in [3.8, 4) is 0 Å². The van der Waals surface area contributed by atoms with Gasteiger partial charge in [-0.15, -0.1) is 0 Å². The molecule has 1 rings (SSSR count). The summed E-state index contributed by atoms with van der Waals surface area (Å²) in [6.07, 6.45) is 2.62. The maximum atomic E-state index is 10.7. The third-order valence-corrected chi connectivity index (χ3v) is 1.74. The smallest absolute Gasteiger partial charge is 0.337 e. The predicted octanol–water partition coefficient (Wildman–Crippen LogP) is 0.613. The van der Waals surface area contributed by atoms with Crippen molar-refractivity contribution in [2.45, 2.75) is 6.92 Å². The number of thiocarbonyl (C=S) groups is 1. The van der Waals surface area contributed by atoms with E-state index in [-0.39, 0.29) is 16.6 Å². The molecule has 3 N–H and O–H groups in total. The Kier molecular flexibility index (Phi) is 3.90. The summed E-state index contributed by atoms with van der Waals surface area (Å²) in [5, 5.41) is 13.8. The summed E-state index contributed by atoms with van der Waals surface area (Å²) in [4.78, 5) is 25.0. The molecule has 7 heteroatoms. The molecule has 0 aliphatic heterocycles. The van der Waals surface area contributed by atoms with E-state index in [1.54, 1.807) is 0 Å². The van der Waals surface area contributed by atoms with Crippen LogP contribution < -0.4 is 10.6 Å². The highest BCUT2D eigenvalue weighted by molar-refractivity contribution is 7.80. The first-order valence-electron chi connectivity index (χ1n) is 4.26. The lowest BCUT2D eigenvalue weighted by atomic mass is 10.3. The number of carboxylic acid groups (broad SMARTS) is 1. The highest BCUT2D eigenvalue weighted by Crippen LogP contribution is 2.07. The van der Waals surface area contributed by atoms with Gasteiger partial charge in [0.2, 0.25) is 5.91 Å². The normalized spacial score (nSPS) is 9.31. The van der Waals surface area contributed by atoms with Gasteiger partial charge in [-0.2, -0.15) is 0 Å². The van der Waals surface area contributed by atoms with Crippen molar-refractivity contribution in [3.05, 3.63) is 24.0 Å². The van der Waals surface area contributed by atoms with Gasteiger partial charge in [0, 0.05) is 13.1 Å². The van der Waals surface area contributed by atoms with Crippen molar-refractivity contribution in [2.24, 2.45) is 0 Å². The van der Waals surface area contributed by atoms with E-state index in [2.05, 4.69) is 15.6 Å². The van der Waals surface area contributed by atoms with E-state index in [4.69, 9.17) is 17.3 Å². The molecule has 0 aromatic carbocycles. The minimum atomic E-state index is -1.08. The molecule has 0 aliphatic carbocycles. The maximum Gasteiger partial charge on any atom is 0.337 e. The first kappa shape index (κ1) is 12.1. The summed E-state index contributed by atoms with van der Waals surface area (Å²) in [5.41, 5.74) is 0.439. The Hall–Kier alpha value is -2.02. The van der Waals surface area contributed by atoms with Gasteiger partial charge in [-0.05, 0) is 18.3 Å². The molecule has 0 atom stereocenters. The maximum absolute atomic E-state index is 10.7. The summed E-state index contributed by atoms with van der Waals surface area (Å²) in [7, 11) is 0. The molecule has 0 saturated heterocycles. The van der Waals surface area contributed by atoms with Crippen LogP contribution in [-0.4, -0.2) is 27.1 Å². The number of nitrogens with one attached hydrogen (secondary N) is 2. The molecule has 16 heavy (non-hydrogen) atoms. The summed E-state index contributed by atoms with van der Waals surface area (Å²) >= 11 is 4.80. The van der Waals surface area contributed by atoms with Crippen molar-refractivity contribution < 1.29 is 14.7 Å². The third-order valence-electron chi connectivity index (χ3n) is 1.53. The van der Waals surface area contributed by atoms with Crippen LogP contribution in [0, 0.1) is 0 Å². The number of hydrogen-bond acceptors (Lipinski definition) is 4. The quantitative estimate of drug-likeness (QED) is 0.655. The van der Waals surface area contributed by atoms with Crippen molar-refractivity contribution >= 4 is 34.9 Å². The zero-order valence-corrected chi connectivity index (χ0v) is 9.17. The van der Waals surface area contributed by atoms with Crippen LogP contribution in [0.4, 0.5) is 5.69 Å². The third kappa shape index (κ3) is 3.62. The number of anilines is 1. The Morgan fingerprint density at radius 3 is 2.69 bits per heavy atom. The number of aromatic nitrogens is 1. The lowest BCUT2D eigenvalue weighted by Gasteiger charge is -2.07. The number of carbonyl (C=O) groups excluding carboxylic acids is 1. The Balaban J connectivity index is 2.74. The Morgan fingerprint density at radius 2 is 2.12 bits per heavy atom. The van der Waals surface area contributed by atoms with Gasteiger partial charge in [0.05, 0.1) is 17.4 Å². The Morgan fingerprint density at radius 1 is 1.44 bits per heavy atom. The number of nitrogens with zero attached hydrogens (tertiary/aromatic N) is 1. The van der Waals surface area contributed by atoms with Gasteiger partial charge < -0.3 is 15.7 Å². The van der Waals surface area contributed by atoms with Gasteiger partial charge in [0.15, 0.2) is 5.11 Å². The van der Waals surface area contributed by atoms with E-state index in [1.807, 2.05) is 0 Å². The molecular weight excluding hydrogens is 230 g/mol. The number of aromatic carboxylic acids is 1. The zero-order valence-electron chi connectivity index (χ0n) is 8.35. The van der Waals surface area contributed by atoms with Crippen molar-refractivity contribution in [2.75, 3.05) is 5.32 Å². The van der Waals surface area contributed by atoms with Gasteiger partial charge in [0.25, 0.3) is 0 Å². The average molecular weight is 239 g/mol. The van der Waals surface area contributed by atoms with E-state index in [0.29, 0.717) is 5.69 Å². The predicted molar refractivity (Wildman–Crippen MR) is 61.2 cm³/mol. The molecule has 0 unspecified atom stereocenters. The minimum Gasteiger partial charge on any atom is -0.478 e. The second-order valence-corrected chi connectivity index (χ2v) is 3.31.